The molecule has 1 aromatic heterocycles. The van der Waals surface area contributed by atoms with Crippen LogP contribution in [0.15, 0.2) is 59.8 Å². The predicted molar refractivity (Wildman–Crippen MR) is 137 cm³/mol. The number of alkyl halides is 2. The summed E-state index contributed by atoms with van der Waals surface area (Å²) in [5.41, 5.74) is 1.68. The van der Waals surface area contributed by atoms with Crippen LogP contribution in [0.3, 0.4) is 0 Å². The van der Waals surface area contributed by atoms with Gasteiger partial charge in [-0.25, -0.2) is 13.2 Å². The molecule has 2 heterocycles. The van der Waals surface area contributed by atoms with Crippen molar-refractivity contribution in [1.82, 2.24) is 9.88 Å². The Hall–Kier alpha value is -3.33. The van der Waals surface area contributed by atoms with Crippen molar-refractivity contribution in [2.75, 3.05) is 19.8 Å². The number of rotatable bonds is 11. The summed E-state index contributed by atoms with van der Waals surface area (Å²) in [7, 11) is 0. The molecule has 0 fully saturated rings. The molecule has 0 amide bonds. The number of aromatic nitrogens is 1. The van der Waals surface area contributed by atoms with E-state index in [1.54, 1.807) is 13.0 Å². The molecular formula is C28H34F3N3O3. The molecule has 6 nitrogen and oxygen atoms in total. The van der Waals surface area contributed by atoms with E-state index in [0.717, 1.165) is 44.5 Å². The number of ether oxygens (including phenoxy) is 3. The van der Waals surface area contributed by atoms with Crippen LogP contribution in [0.1, 0.15) is 50.8 Å². The van der Waals surface area contributed by atoms with Crippen LogP contribution in [-0.2, 0) is 22.0 Å². The molecular weight excluding hydrogens is 483 g/mol. The number of aliphatic imine (C=N–C) groups is 1. The summed E-state index contributed by atoms with van der Waals surface area (Å²) in [5, 5.41) is 0. The fraction of sp³-hybridized carbons (Fsp3) is 0.429. The van der Waals surface area contributed by atoms with Gasteiger partial charge in [0, 0.05) is 43.6 Å². The lowest BCUT2D eigenvalue weighted by atomic mass is 10.1. The van der Waals surface area contributed by atoms with Gasteiger partial charge in [-0.15, -0.1) is 0 Å². The highest BCUT2D eigenvalue weighted by Crippen LogP contribution is 2.33. The van der Waals surface area contributed by atoms with Crippen molar-refractivity contribution in [3.8, 4) is 11.5 Å². The van der Waals surface area contributed by atoms with Crippen LogP contribution in [-0.4, -0.2) is 35.5 Å². The number of benzene rings is 1. The Labute approximate surface area is 216 Å². The first kappa shape index (κ1) is 28.2. The summed E-state index contributed by atoms with van der Waals surface area (Å²) in [4.78, 5) is 10.2. The molecule has 0 saturated heterocycles. The monoisotopic (exact) mass is 517 g/mol. The van der Waals surface area contributed by atoms with Crippen molar-refractivity contribution in [1.29, 1.82) is 0 Å². The minimum atomic E-state index is -3.08. The SMILES string of the molecule is C=C1N=C(OCc2cc(C)c(Oc3cncc(C(C)(F)F)c3)c(F)c2)C=C(C)N1CC(C)COCCC. The Balaban J connectivity index is 1.63. The third kappa shape index (κ3) is 7.82. The van der Waals surface area contributed by atoms with E-state index >= 15 is 0 Å². The maximum atomic E-state index is 14.9. The number of hydrogen-bond acceptors (Lipinski definition) is 6. The highest BCUT2D eigenvalue weighted by Gasteiger charge is 2.25. The molecule has 9 heteroatoms. The Kier molecular flexibility index (Phi) is 9.37. The fourth-order valence-electron chi connectivity index (χ4n) is 3.80. The van der Waals surface area contributed by atoms with E-state index in [0.29, 0.717) is 35.4 Å². The summed E-state index contributed by atoms with van der Waals surface area (Å²) in [6.45, 7) is 14.8. The number of aryl methyl sites for hydroxylation is 1. The lowest BCUT2D eigenvalue weighted by Crippen LogP contribution is -2.31. The number of hydrogen-bond donors (Lipinski definition) is 0. The van der Waals surface area contributed by atoms with Crippen LogP contribution in [0.25, 0.3) is 0 Å². The lowest BCUT2D eigenvalue weighted by molar-refractivity contribution is 0.0169. The summed E-state index contributed by atoms with van der Waals surface area (Å²) >= 11 is 0. The van der Waals surface area contributed by atoms with Gasteiger partial charge in [-0.2, -0.15) is 4.99 Å². The minimum Gasteiger partial charge on any atom is -0.473 e. The molecule has 0 saturated carbocycles. The van der Waals surface area contributed by atoms with Gasteiger partial charge in [0.15, 0.2) is 11.6 Å². The van der Waals surface area contributed by atoms with E-state index in [1.807, 2.05) is 17.9 Å². The summed E-state index contributed by atoms with van der Waals surface area (Å²) in [5.74, 6) is -2.51. The van der Waals surface area contributed by atoms with Crippen LogP contribution >= 0.6 is 0 Å². The largest absolute Gasteiger partial charge is 0.473 e. The van der Waals surface area contributed by atoms with Crippen molar-refractivity contribution >= 4 is 5.90 Å². The average Bonchev–Trinajstić information content (AvgIpc) is 2.82. The van der Waals surface area contributed by atoms with E-state index in [1.165, 1.54) is 12.3 Å². The van der Waals surface area contributed by atoms with Gasteiger partial charge in [0.2, 0.25) is 5.90 Å². The van der Waals surface area contributed by atoms with Gasteiger partial charge < -0.3 is 19.1 Å². The molecule has 1 atom stereocenters. The molecule has 1 aliphatic rings. The van der Waals surface area contributed by atoms with Gasteiger partial charge in [0.1, 0.15) is 18.2 Å². The summed E-state index contributed by atoms with van der Waals surface area (Å²) in [6.07, 6.45) is 5.11. The van der Waals surface area contributed by atoms with Crippen LogP contribution < -0.4 is 4.74 Å². The number of halogens is 3. The van der Waals surface area contributed by atoms with Crippen LogP contribution in [0, 0.1) is 18.7 Å². The molecule has 0 radical (unpaired) electrons. The maximum Gasteiger partial charge on any atom is 0.272 e. The summed E-state index contributed by atoms with van der Waals surface area (Å²) in [6, 6.07) is 4.14. The maximum absolute atomic E-state index is 14.9. The smallest absolute Gasteiger partial charge is 0.272 e. The predicted octanol–water partition coefficient (Wildman–Crippen LogP) is 7.10. The molecule has 0 aliphatic carbocycles. The van der Waals surface area contributed by atoms with Crippen molar-refractivity contribution < 1.29 is 27.4 Å². The first-order valence-corrected chi connectivity index (χ1v) is 12.2. The number of pyridine rings is 1. The van der Waals surface area contributed by atoms with E-state index in [9.17, 15) is 13.2 Å². The van der Waals surface area contributed by atoms with Gasteiger partial charge >= 0.3 is 0 Å². The summed E-state index contributed by atoms with van der Waals surface area (Å²) < 4.78 is 59.1. The van der Waals surface area contributed by atoms with Crippen LogP contribution in [0.4, 0.5) is 13.2 Å². The van der Waals surface area contributed by atoms with E-state index in [-0.39, 0.29) is 23.7 Å². The molecule has 0 bridgehead atoms. The standard InChI is InChI=1S/C28H34F3N3O3/c1-7-8-35-16-18(2)15-34-20(4)10-26(33-21(34)5)36-17-22-9-19(3)27(25(29)11-22)37-24-12-23(13-32-14-24)28(6,30)31/h9-14,18H,5,7-8,15-17H2,1-4,6H3. The zero-order valence-corrected chi connectivity index (χ0v) is 22.0. The molecule has 200 valence electrons. The Morgan fingerprint density at radius 2 is 1.92 bits per heavy atom. The van der Waals surface area contributed by atoms with Crippen LogP contribution in [0.2, 0.25) is 0 Å². The molecule has 1 aliphatic heterocycles. The third-order valence-electron chi connectivity index (χ3n) is 5.67. The Bertz CT molecular complexity index is 1150. The molecule has 37 heavy (non-hydrogen) atoms. The zero-order valence-electron chi connectivity index (χ0n) is 22.0. The minimum absolute atomic E-state index is 0.0245. The topological polar surface area (TPSA) is 56.2 Å². The van der Waals surface area contributed by atoms with Crippen molar-refractivity contribution in [2.45, 2.75) is 53.6 Å². The molecule has 3 rings (SSSR count). The molecule has 0 N–H and O–H groups in total. The lowest BCUT2D eigenvalue weighted by Gasteiger charge is -2.30. The van der Waals surface area contributed by atoms with Gasteiger partial charge in [-0.05, 0) is 55.5 Å². The zero-order chi connectivity index (χ0) is 27.2. The van der Waals surface area contributed by atoms with Gasteiger partial charge in [0.05, 0.1) is 12.8 Å². The first-order valence-electron chi connectivity index (χ1n) is 12.2. The highest BCUT2D eigenvalue weighted by atomic mass is 19.3. The van der Waals surface area contributed by atoms with E-state index < -0.39 is 11.7 Å². The van der Waals surface area contributed by atoms with Gasteiger partial charge in [-0.3, -0.25) is 4.98 Å². The van der Waals surface area contributed by atoms with Crippen molar-refractivity contribution in [3.63, 3.8) is 0 Å². The molecule has 1 aromatic carbocycles. The van der Waals surface area contributed by atoms with Crippen molar-refractivity contribution in [2.24, 2.45) is 10.9 Å². The second-order valence-electron chi connectivity index (χ2n) is 9.35. The third-order valence-corrected chi connectivity index (χ3v) is 5.67. The van der Waals surface area contributed by atoms with Gasteiger partial charge in [0.25, 0.3) is 5.92 Å². The van der Waals surface area contributed by atoms with Crippen LogP contribution in [0.5, 0.6) is 11.5 Å². The Morgan fingerprint density at radius 3 is 2.57 bits per heavy atom. The second kappa shape index (κ2) is 12.3. The first-order chi connectivity index (χ1) is 17.5. The second-order valence-corrected chi connectivity index (χ2v) is 9.35. The number of allylic oxidation sites excluding steroid dienone is 1. The molecule has 2 aromatic rings. The van der Waals surface area contributed by atoms with E-state index in [2.05, 4.69) is 30.4 Å². The Morgan fingerprint density at radius 1 is 1.16 bits per heavy atom. The number of nitrogens with zero attached hydrogens (tertiary/aromatic N) is 3. The normalized spacial score (nSPS) is 14.8. The van der Waals surface area contributed by atoms with Gasteiger partial charge in [-0.1, -0.05) is 20.4 Å². The average molecular weight is 518 g/mol. The molecule has 0 spiro atoms. The van der Waals surface area contributed by atoms with Crippen molar-refractivity contribution in [3.05, 3.63) is 77.3 Å². The highest BCUT2D eigenvalue weighted by molar-refractivity contribution is 5.90. The quantitative estimate of drug-likeness (QED) is 0.298. The van der Waals surface area contributed by atoms with E-state index in [4.69, 9.17) is 14.2 Å². The molecule has 1 unspecified atom stereocenters. The fourth-order valence-corrected chi connectivity index (χ4v) is 3.80.